The molecule has 0 bridgehead atoms. The van der Waals surface area contributed by atoms with Crippen molar-refractivity contribution >= 4 is 11.5 Å². The van der Waals surface area contributed by atoms with Crippen LogP contribution < -0.4 is 10.6 Å². The highest BCUT2D eigenvalue weighted by Gasteiger charge is 2.16. The van der Waals surface area contributed by atoms with Crippen LogP contribution in [0.3, 0.4) is 0 Å². The third-order valence-electron chi connectivity index (χ3n) is 2.97. The summed E-state index contributed by atoms with van der Waals surface area (Å²) in [6.45, 7) is 1.99. The molecule has 0 amide bonds. The van der Waals surface area contributed by atoms with E-state index >= 15 is 0 Å². The van der Waals surface area contributed by atoms with Gasteiger partial charge in [0.15, 0.2) is 5.82 Å². The summed E-state index contributed by atoms with van der Waals surface area (Å²) in [5, 5.41) is 6.46. The van der Waals surface area contributed by atoms with E-state index in [0.29, 0.717) is 5.65 Å². The van der Waals surface area contributed by atoms with E-state index in [4.69, 9.17) is 0 Å². The summed E-state index contributed by atoms with van der Waals surface area (Å²) >= 11 is 0. The van der Waals surface area contributed by atoms with Crippen molar-refractivity contribution in [1.29, 1.82) is 0 Å². The average molecular weight is 219 g/mol. The predicted octanol–water partition coefficient (Wildman–Crippen LogP) is 0.408. The number of rotatable bonds is 1. The summed E-state index contributed by atoms with van der Waals surface area (Å²) in [7, 11) is 0. The van der Waals surface area contributed by atoms with Crippen molar-refractivity contribution in [2.45, 2.75) is 19.3 Å². The van der Waals surface area contributed by atoms with Gasteiger partial charge in [-0.25, -0.2) is 19.3 Å². The van der Waals surface area contributed by atoms with Crippen LogP contribution in [0.2, 0.25) is 0 Å². The first-order chi connectivity index (χ1) is 7.86. The fourth-order valence-electron chi connectivity index (χ4n) is 2.16. The van der Waals surface area contributed by atoms with E-state index in [1.54, 1.807) is 12.4 Å². The maximum absolute atomic E-state index is 11.4. The first kappa shape index (κ1) is 9.38. The van der Waals surface area contributed by atoms with E-state index in [1.165, 1.54) is 23.7 Å². The molecule has 16 heavy (non-hydrogen) atoms. The molecule has 3 heterocycles. The maximum Gasteiger partial charge on any atom is 0.347 e. The molecule has 0 saturated carbocycles. The first-order valence-electron chi connectivity index (χ1n) is 5.53. The zero-order valence-corrected chi connectivity index (χ0v) is 8.89. The quantitative estimate of drug-likeness (QED) is 0.754. The van der Waals surface area contributed by atoms with Crippen molar-refractivity contribution in [3.05, 3.63) is 22.9 Å². The monoisotopic (exact) mass is 219 g/mol. The van der Waals surface area contributed by atoms with E-state index in [2.05, 4.69) is 20.1 Å². The van der Waals surface area contributed by atoms with Gasteiger partial charge in [-0.1, -0.05) is 0 Å². The Morgan fingerprint density at radius 3 is 2.88 bits per heavy atom. The molecule has 0 aromatic carbocycles. The molecule has 1 aliphatic rings. The van der Waals surface area contributed by atoms with Gasteiger partial charge in [-0.05, 0) is 19.3 Å². The molecular weight excluding hydrogens is 206 g/mol. The standard InChI is InChI=1S/C10H13N5O/c16-10-13-12-9-8(11-4-7-15(9)10)14-5-2-1-3-6-14/h4,7H,1-3,5-6H2,(H,13,16). The van der Waals surface area contributed by atoms with E-state index in [9.17, 15) is 4.79 Å². The second-order valence-corrected chi connectivity index (χ2v) is 4.02. The molecule has 3 rings (SSSR count). The zero-order chi connectivity index (χ0) is 11.0. The highest BCUT2D eigenvalue weighted by Crippen LogP contribution is 2.19. The van der Waals surface area contributed by atoms with Gasteiger partial charge in [0.1, 0.15) is 0 Å². The number of fused-ring (bicyclic) bond motifs is 1. The van der Waals surface area contributed by atoms with E-state index < -0.39 is 0 Å². The summed E-state index contributed by atoms with van der Waals surface area (Å²) in [5.74, 6) is 0.806. The average Bonchev–Trinajstić information content (AvgIpc) is 2.73. The van der Waals surface area contributed by atoms with Crippen LogP contribution in [0.4, 0.5) is 5.82 Å². The van der Waals surface area contributed by atoms with Crippen LogP contribution >= 0.6 is 0 Å². The SMILES string of the molecule is O=c1[nH]nc2c(N3CCCCC3)nccn12. The molecule has 1 saturated heterocycles. The van der Waals surface area contributed by atoms with Gasteiger partial charge in [-0.2, -0.15) is 0 Å². The molecular formula is C10H13N5O. The lowest BCUT2D eigenvalue weighted by Crippen LogP contribution is -2.30. The molecule has 2 aromatic rings. The van der Waals surface area contributed by atoms with Gasteiger partial charge in [0.25, 0.3) is 0 Å². The van der Waals surface area contributed by atoms with Crippen LogP contribution in [0.1, 0.15) is 19.3 Å². The third kappa shape index (κ3) is 1.37. The molecule has 0 unspecified atom stereocenters. The molecule has 6 nitrogen and oxygen atoms in total. The lowest BCUT2D eigenvalue weighted by molar-refractivity contribution is 0.573. The molecule has 1 aliphatic heterocycles. The number of aromatic nitrogens is 4. The van der Waals surface area contributed by atoms with Crippen molar-refractivity contribution in [2.75, 3.05) is 18.0 Å². The summed E-state index contributed by atoms with van der Waals surface area (Å²) in [6.07, 6.45) is 6.91. The Kier molecular flexibility index (Phi) is 2.12. The number of nitrogens with one attached hydrogen (secondary N) is 1. The van der Waals surface area contributed by atoms with Crippen LogP contribution in [0.5, 0.6) is 0 Å². The van der Waals surface area contributed by atoms with Gasteiger partial charge in [0.2, 0.25) is 5.65 Å². The minimum atomic E-state index is -0.212. The van der Waals surface area contributed by atoms with Crippen LogP contribution in [0, 0.1) is 0 Å². The molecule has 0 atom stereocenters. The van der Waals surface area contributed by atoms with Gasteiger partial charge in [0.05, 0.1) is 0 Å². The Labute approximate surface area is 91.9 Å². The zero-order valence-electron chi connectivity index (χ0n) is 8.89. The second kappa shape index (κ2) is 3.62. The van der Waals surface area contributed by atoms with Gasteiger partial charge in [-0.15, -0.1) is 5.10 Å². The van der Waals surface area contributed by atoms with Gasteiger partial charge in [-0.3, -0.25) is 0 Å². The topological polar surface area (TPSA) is 66.3 Å². The fourth-order valence-corrected chi connectivity index (χ4v) is 2.16. The van der Waals surface area contributed by atoms with E-state index in [1.807, 2.05) is 0 Å². The molecule has 1 N–H and O–H groups in total. The lowest BCUT2D eigenvalue weighted by Gasteiger charge is -2.27. The van der Waals surface area contributed by atoms with Gasteiger partial charge >= 0.3 is 5.69 Å². The highest BCUT2D eigenvalue weighted by molar-refractivity contribution is 5.63. The van der Waals surface area contributed by atoms with E-state index in [0.717, 1.165) is 18.9 Å². The summed E-state index contributed by atoms with van der Waals surface area (Å²) in [5.41, 5.74) is 0.407. The number of hydrogen-bond acceptors (Lipinski definition) is 4. The number of anilines is 1. The van der Waals surface area contributed by atoms with Crippen LogP contribution in [-0.2, 0) is 0 Å². The Morgan fingerprint density at radius 2 is 2.06 bits per heavy atom. The summed E-state index contributed by atoms with van der Waals surface area (Å²) in [6, 6.07) is 0. The van der Waals surface area contributed by atoms with Crippen molar-refractivity contribution in [3.8, 4) is 0 Å². The van der Waals surface area contributed by atoms with Crippen molar-refractivity contribution in [1.82, 2.24) is 19.6 Å². The number of hydrogen-bond donors (Lipinski definition) is 1. The normalized spacial score (nSPS) is 16.9. The molecule has 0 aliphatic carbocycles. The Morgan fingerprint density at radius 1 is 1.25 bits per heavy atom. The van der Waals surface area contributed by atoms with Crippen LogP contribution in [0.15, 0.2) is 17.2 Å². The van der Waals surface area contributed by atoms with E-state index in [-0.39, 0.29) is 5.69 Å². The number of piperidine rings is 1. The fraction of sp³-hybridized carbons (Fsp3) is 0.500. The molecule has 2 aromatic heterocycles. The lowest BCUT2D eigenvalue weighted by atomic mass is 10.1. The number of aromatic amines is 1. The summed E-state index contributed by atoms with van der Waals surface area (Å²) in [4.78, 5) is 17.9. The Bertz CT molecular complexity index is 552. The predicted molar refractivity (Wildman–Crippen MR) is 59.7 cm³/mol. The minimum Gasteiger partial charge on any atom is -0.353 e. The molecule has 1 fully saturated rings. The smallest absolute Gasteiger partial charge is 0.347 e. The summed E-state index contributed by atoms with van der Waals surface area (Å²) < 4.78 is 1.50. The first-order valence-corrected chi connectivity index (χ1v) is 5.53. The Balaban J connectivity index is 2.11. The largest absolute Gasteiger partial charge is 0.353 e. The van der Waals surface area contributed by atoms with Crippen molar-refractivity contribution < 1.29 is 0 Å². The number of H-pyrrole nitrogens is 1. The number of nitrogens with zero attached hydrogens (tertiary/aromatic N) is 4. The maximum atomic E-state index is 11.4. The molecule has 0 spiro atoms. The van der Waals surface area contributed by atoms with Gasteiger partial charge in [0, 0.05) is 25.5 Å². The Hall–Kier alpha value is -1.85. The molecule has 0 radical (unpaired) electrons. The second-order valence-electron chi connectivity index (χ2n) is 4.02. The van der Waals surface area contributed by atoms with Crippen LogP contribution in [0.25, 0.3) is 5.65 Å². The van der Waals surface area contributed by atoms with Crippen LogP contribution in [-0.4, -0.2) is 32.7 Å². The van der Waals surface area contributed by atoms with Crippen molar-refractivity contribution in [2.24, 2.45) is 0 Å². The third-order valence-corrected chi connectivity index (χ3v) is 2.97. The minimum absolute atomic E-state index is 0.212. The molecule has 84 valence electrons. The van der Waals surface area contributed by atoms with Crippen molar-refractivity contribution in [3.63, 3.8) is 0 Å². The molecule has 6 heteroatoms. The highest BCUT2D eigenvalue weighted by atomic mass is 16.1. The van der Waals surface area contributed by atoms with Gasteiger partial charge < -0.3 is 4.90 Å².